The number of hydrogen-bond donors (Lipinski definition) is 4. The Labute approximate surface area is 250 Å². The number of ether oxygens (including phenoxy) is 2. The minimum Gasteiger partial charge on any atom is -0.490 e. The van der Waals surface area contributed by atoms with Gasteiger partial charge in [-0.25, -0.2) is 9.37 Å². The first kappa shape index (κ1) is 30.2. The molecule has 224 valence electrons. The van der Waals surface area contributed by atoms with E-state index in [0.29, 0.717) is 29.2 Å². The van der Waals surface area contributed by atoms with Crippen LogP contribution in [0.4, 0.5) is 4.39 Å². The third-order valence-electron chi connectivity index (χ3n) is 7.87. The van der Waals surface area contributed by atoms with Gasteiger partial charge in [0.25, 0.3) is 0 Å². The van der Waals surface area contributed by atoms with Crippen LogP contribution in [0.3, 0.4) is 0 Å². The van der Waals surface area contributed by atoms with Crippen molar-refractivity contribution in [3.05, 3.63) is 114 Å². The van der Waals surface area contributed by atoms with Crippen LogP contribution < -0.4 is 20.5 Å². The van der Waals surface area contributed by atoms with Crippen LogP contribution in [0.2, 0.25) is 0 Å². The molecular weight excluding hydrogens is 549 g/mol. The number of methoxy groups -OCH3 is 1. The number of aliphatic hydroxyl groups excluding tert-OH is 2. The predicted molar refractivity (Wildman–Crippen MR) is 161 cm³/mol. The summed E-state index contributed by atoms with van der Waals surface area (Å²) in [6.07, 6.45) is 0.188. The largest absolute Gasteiger partial charge is 0.490 e. The van der Waals surface area contributed by atoms with Crippen LogP contribution in [-0.2, 0) is 17.6 Å². The number of nitrogens with two attached hydrogens (primary N) is 1. The number of benzene rings is 3. The minimum absolute atomic E-state index is 0.0118. The molecule has 9 heteroatoms. The maximum atomic E-state index is 14.6. The molecule has 4 aromatic rings. The van der Waals surface area contributed by atoms with Crippen molar-refractivity contribution in [2.75, 3.05) is 13.7 Å². The number of fused-ring (bicyclic) bond motifs is 1. The number of aromatic nitrogens is 1. The highest BCUT2D eigenvalue weighted by molar-refractivity contribution is 5.80. The lowest BCUT2D eigenvalue weighted by atomic mass is 9.88. The quantitative estimate of drug-likeness (QED) is 0.210. The van der Waals surface area contributed by atoms with Crippen molar-refractivity contribution in [3.8, 4) is 22.8 Å². The van der Waals surface area contributed by atoms with Crippen LogP contribution in [0, 0.1) is 11.7 Å². The number of nitrogens with zero attached hydrogens (tertiary/aromatic N) is 1. The Kier molecular flexibility index (Phi) is 9.66. The van der Waals surface area contributed by atoms with Gasteiger partial charge in [-0.1, -0.05) is 60.7 Å². The molecule has 0 aliphatic carbocycles. The third-order valence-corrected chi connectivity index (χ3v) is 7.87. The van der Waals surface area contributed by atoms with Crippen LogP contribution in [0.5, 0.6) is 11.6 Å². The van der Waals surface area contributed by atoms with E-state index in [0.717, 1.165) is 16.7 Å². The van der Waals surface area contributed by atoms with E-state index in [9.17, 15) is 19.4 Å². The van der Waals surface area contributed by atoms with Gasteiger partial charge in [0.2, 0.25) is 11.8 Å². The van der Waals surface area contributed by atoms with Gasteiger partial charge in [0.05, 0.1) is 19.3 Å². The number of carbonyl (C=O) groups excluding carboxylic acids is 1. The average Bonchev–Trinajstić information content (AvgIpc) is 3.03. The zero-order valence-corrected chi connectivity index (χ0v) is 23.9. The van der Waals surface area contributed by atoms with E-state index in [-0.39, 0.29) is 19.4 Å². The van der Waals surface area contributed by atoms with E-state index in [2.05, 4.69) is 10.3 Å². The second-order valence-electron chi connectivity index (χ2n) is 10.9. The molecule has 0 spiro atoms. The van der Waals surface area contributed by atoms with Crippen molar-refractivity contribution >= 4 is 5.91 Å². The molecule has 1 aromatic heterocycles. The second-order valence-corrected chi connectivity index (χ2v) is 10.9. The first-order valence-corrected chi connectivity index (χ1v) is 14.3. The molecule has 0 radical (unpaired) electrons. The topological polar surface area (TPSA) is 127 Å². The Bertz CT molecular complexity index is 1520. The Hall–Kier alpha value is -4.31. The zero-order valence-electron chi connectivity index (χ0n) is 23.9. The number of rotatable bonds is 11. The lowest BCUT2D eigenvalue weighted by Crippen LogP contribution is -2.46. The first-order chi connectivity index (χ1) is 20.8. The van der Waals surface area contributed by atoms with Gasteiger partial charge in [-0.05, 0) is 54.2 Å². The van der Waals surface area contributed by atoms with Crippen LogP contribution >= 0.6 is 0 Å². The molecule has 2 heterocycles. The van der Waals surface area contributed by atoms with Gasteiger partial charge >= 0.3 is 0 Å². The normalized spacial score (nSPS) is 18.1. The van der Waals surface area contributed by atoms with Crippen molar-refractivity contribution in [3.63, 3.8) is 0 Å². The minimum atomic E-state index is -1.04. The maximum Gasteiger partial charge on any atom is 0.224 e. The molecule has 5 N–H and O–H groups in total. The van der Waals surface area contributed by atoms with Crippen molar-refractivity contribution < 1.29 is 28.9 Å². The Morgan fingerprint density at radius 1 is 1.05 bits per heavy atom. The number of carbonyl (C=O) groups is 1. The van der Waals surface area contributed by atoms with E-state index in [1.807, 2.05) is 36.4 Å². The van der Waals surface area contributed by atoms with Crippen LogP contribution in [0.1, 0.15) is 29.2 Å². The van der Waals surface area contributed by atoms with Gasteiger partial charge in [-0.2, -0.15) is 0 Å². The lowest BCUT2D eigenvalue weighted by Gasteiger charge is -2.32. The van der Waals surface area contributed by atoms with Gasteiger partial charge in [-0.3, -0.25) is 4.79 Å². The van der Waals surface area contributed by atoms with Crippen molar-refractivity contribution in [1.29, 1.82) is 0 Å². The summed E-state index contributed by atoms with van der Waals surface area (Å²) in [6, 6.07) is 23.6. The van der Waals surface area contributed by atoms with Crippen LogP contribution in [0.25, 0.3) is 11.1 Å². The van der Waals surface area contributed by atoms with Gasteiger partial charge < -0.3 is 30.7 Å². The summed E-state index contributed by atoms with van der Waals surface area (Å²) < 4.78 is 25.3. The number of nitrogens with one attached hydrogen (secondary N) is 1. The molecule has 3 aromatic carbocycles. The SMILES string of the molecule is COc1ccc(-c2ccc(C[C@H](N)[C@@H](O)C[C@@H](Cc3ccccc3F)C(=O)N[C@H]3c4ccccc4OC[C@H]3O)cc2)cn1. The molecule has 1 aliphatic rings. The molecule has 1 amide bonds. The molecule has 0 unspecified atom stereocenters. The monoisotopic (exact) mass is 585 g/mol. The van der Waals surface area contributed by atoms with Gasteiger partial charge in [0.15, 0.2) is 0 Å². The molecule has 8 nitrogen and oxygen atoms in total. The van der Waals surface area contributed by atoms with Crippen molar-refractivity contribution in [2.45, 2.75) is 43.6 Å². The summed E-state index contributed by atoms with van der Waals surface area (Å²) >= 11 is 0. The highest BCUT2D eigenvalue weighted by atomic mass is 19.1. The van der Waals surface area contributed by atoms with Gasteiger partial charge in [0, 0.05) is 35.3 Å². The molecule has 0 saturated heterocycles. The summed E-state index contributed by atoms with van der Waals surface area (Å²) in [5.74, 6) is -0.517. The Morgan fingerprint density at radius 3 is 2.49 bits per heavy atom. The first-order valence-electron chi connectivity index (χ1n) is 14.3. The highest BCUT2D eigenvalue weighted by Crippen LogP contribution is 2.32. The molecule has 1 aliphatic heterocycles. The summed E-state index contributed by atoms with van der Waals surface area (Å²) in [6.45, 7) is 0.0290. The maximum absolute atomic E-state index is 14.6. The van der Waals surface area contributed by atoms with Gasteiger partial charge in [-0.15, -0.1) is 0 Å². The van der Waals surface area contributed by atoms with Crippen LogP contribution in [-0.4, -0.2) is 53.1 Å². The van der Waals surface area contributed by atoms with Crippen molar-refractivity contribution in [2.24, 2.45) is 11.7 Å². The second kappa shape index (κ2) is 13.8. The third kappa shape index (κ3) is 7.37. The number of para-hydroxylation sites is 1. The fourth-order valence-electron chi connectivity index (χ4n) is 5.38. The van der Waals surface area contributed by atoms with E-state index < -0.39 is 41.9 Å². The lowest BCUT2D eigenvalue weighted by molar-refractivity contribution is -0.128. The number of halogens is 1. The van der Waals surface area contributed by atoms with E-state index in [4.69, 9.17) is 15.2 Å². The Morgan fingerprint density at radius 2 is 1.77 bits per heavy atom. The average molecular weight is 586 g/mol. The van der Waals surface area contributed by atoms with E-state index >= 15 is 0 Å². The smallest absolute Gasteiger partial charge is 0.224 e. The molecule has 5 atom stereocenters. The summed E-state index contributed by atoms with van der Waals surface area (Å²) in [5, 5.41) is 24.7. The Balaban J connectivity index is 1.28. The van der Waals surface area contributed by atoms with Crippen LogP contribution in [0.15, 0.2) is 91.1 Å². The molecule has 0 fully saturated rings. The highest BCUT2D eigenvalue weighted by Gasteiger charge is 2.34. The predicted octanol–water partition coefficient (Wildman–Crippen LogP) is 3.99. The molecular formula is C34H36FN3O5. The van der Waals surface area contributed by atoms with E-state index in [1.165, 1.54) is 6.07 Å². The zero-order chi connectivity index (χ0) is 30.3. The molecule has 0 bridgehead atoms. The molecule has 43 heavy (non-hydrogen) atoms. The number of aliphatic hydroxyl groups is 2. The number of hydrogen-bond acceptors (Lipinski definition) is 7. The molecule has 0 saturated carbocycles. The summed E-state index contributed by atoms with van der Waals surface area (Å²) in [4.78, 5) is 17.9. The fraction of sp³-hybridized carbons (Fsp3) is 0.294. The van der Waals surface area contributed by atoms with E-state index in [1.54, 1.807) is 55.8 Å². The number of amides is 1. The summed E-state index contributed by atoms with van der Waals surface area (Å²) in [5.41, 5.74) is 10.3. The van der Waals surface area contributed by atoms with Gasteiger partial charge in [0.1, 0.15) is 24.3 Å². The number of pyridine rings is 1. The standard InChI is InChI=1S/C34H36FN3O5/c1-42-32-15-14-24(19-37-32)22-12-10-21(11-13-22)16-28(36)29(39)18-25(17-23-6-2-4-8-27(23)35)34(41)38-33-26-7-3-5-9-31(26)43-20-30(33)40/h2-15,19,25,28-30,33,39-40H,16-18,20,36H2,1H3,(H,38,41)/t25-,28+,29+,30-,33+/m1/s1. The van der Waals surface area contributed by atoms with Crippen molar-refractivity contribution in [1.82, 2.24) is 10.3 Å². The fourth-order valence-corrected chi connectivity index (χ4v) is 5.38. The molecule has 5 rings (SSSR count). The summed E-state index contributed by atoms with van der Waals surface area (Å²) in [7, 11) is 1.57.